The topological polar surface area (TPSA) is 179 Å². The molecule has 7 aromatic carbocycles. The lowest BCUT2D eigenvalue weighted by molar-refractivity contribution is -0.394. The van der Waals surface area contributed by atoms with Gasteiger partial charge in [-0.25, -0.2) is 0 Å². The normalized spacial score (nSPS) is 28.2. The average molecular weight is 1270 g/mol. The Hall–Kier alpha value is -6.37. The van der Waals surface area contributed by atoms with Crippen LogP contribution in [0.5, 0.6) is 0 Å². The summed E-state index contributed by atoms with van der Waals surface area (Å²) in [5, 5.41) is 15.4. The largest absolute Gasteiger partial charge is 0.388 e. The highest BCUT2D eigenvalue weighted by Gasteiger charge is 2.57. The van der Waals surface area contributed by atoms with Gasteiger partial charge in [0.15, 0.2) is 25.2 Å². The summed E-state index contributed by atoms with van der Waals surface area (Å²) in [6.07, 6.45) is -15.4. The number of nitrogens with one attached hydrogen (secondary N) is 1. The summed E-state index contributed by atoms with van der Waals surface area (Å²) in [5.74, 6) is -0.427. The molecule has 0 aromatic heterocycles. The molecular formula is C74H87NO16Si. The molecule has 0 aliphatic carbocycles. The number of benzene rings is 7. The Bertz CT molecular complexity index is 3240. The van der Waals surface area contributed by atoms with Gasteiger partial charge in [-0.3, -0.25) is 4.79 Å². The van der Waals surface area contributed by atoms with Gasteiger partial charge in [0.1, 0.15) is 73.2 Å². The summed E-state index contributed by atoms with van der Waals surface area (Å²) in [6, 6.07) is 68.6. The van der Waals surface area contributed by atoms with Crippen molar-refractivity contribution in [2.24, 2.45) is 0 Å². The Balaban J connectivity index is 1.01. The summed E-state index contributed by atoms with van der Waals surface area (Å²) >= 11 is 0. The molecule has 18 heteroatoms. The van der Waals surface area contributed by atoms with Crippen LogP contribution >= 0.6 is 0 Å². The molecule has 92 heavy (non-hydrogen) atoms. The Kier molecular flexibility index (Phi) is 24.5. The zero-order valence-electron chi connectivity index (χ0n) is 52.8. The van der Waals surface area contributed by atoms with E-state index in [0.717, 1.165) is 45.0 Å². The first-order valence-electron chi connectivity index (χ1n) is 32.0. The molecule has 11 rings (SSSR count). The molecule has 16 atom stereocenters. The maximum Gasteiger partial charge on any atom is 0.217 e. The van der Waals surface area contributed by atoms with Crippen LogP contribution in [0, 0.1) is 0 Å². The van der Waals surface area contributed by atoms with Gasteiger partial charge in [-0.1, -0.05) is 232 Å². The fourth-order valence-corrected chi connectivity index (χ4v) is 12.5. The molecule has 4 heterocycles. The quantitative estimate of drug-likeness (QED) is 0.0406. The van der Waals surface area contributed by atoms with Crippen molar-refractivity contribution < 1.29 is 76.2 Å². The van der Waals surface area contributed by atoms with E-state index >= 15 is 0 Å². The van der Waals surface area contributed by atoms with Gasteiger partial charge in [-0.2, -0.15) is 0 Å². The molecule has 7 aromatic rings. The van der Waals surface area contributed by atoms with Crippen LogP contribution in [0.2, 0.25) is 25.7 Å². The first kappa shape index (κ1) is 67.1. The van der Waals surface area contributed by atoms with Crippen LogP contribution in [0.3, 0.4) is 0 Å². The second-order valence-electron chi connectivity index (χ2n) is 25.0. The van der Waals surface area contributed by atoms with Gasteiger partial charge in [0, 0.05) is 27.2 Å². The van der Waals surface area contributed by atoms with Crippen LogP contribution in [-0.4, -0.2) is 138 Å². The number of ether oxygens (including phenoxy) is 14. The van der Waals surface area contributed by atoms with Crippen molar-refractivity contribution in [1.82, 2.24) is 5.32 Å². The molecule has 0 radical (unpaired) electrons. The highest BCUT2D eigenvalue weighted by Crippen LogP contribution is 2.40. The lowest BCUT2D eigenvalue weighted by Gasteiger charge is -2.52. The van der Waals surface area contributed by atoms with E-state index in [1.807, 2.05) is 212 Å². The van der Waals surface area contributed by atoms with E-state index in [1.54, 1.807) is 0 Å². The third-order valence-corrected chi connectivity index (χ3v) is 18.3. The first-order chi connectivity index (χ1) is 45.0. The third-order valence-electron chi connectivity index (χ3n) is 16.6. The molecule has 4 aliphatic rings. The monoisotopic (exact) mass is 1270 g/mol. The van der Waals surface area contributed by atoms with Crippen molar-refractivity contribution in [2.45, 2.75) is 171 Å². The molecule has 4 aliphatic heterocycles. The number of aliphatic hydroxyl groups is 1. The van der Waals surface area contributed by atoms with Crippen molar-refractivity contribution in [1.29, 1.82) is 0 Å². The van der Waals surface area contributed by atoms with E-state index in [1.165, 1.54) is 6.92 Å². The molecule has 1 unspecified atom stereocenters. The number of rotatable bonds is 30. The number of aliphatic hydroxyl groups excluding tert-OH is 1. The van der Waals surface area contributed by atoms with Gasteiger partial charge in [-0.15, -0.1) is 0 Å². The standard InChI is InChI=1S/C74H87NO16Si/c1-51(76)75-62-63(77)64-61(50-85-71(89-64)58-38-24-11-25-39-58)86-72(62)90-65-60(49-79-43-53-28-14-6-15-29-53)88-74(70(84-47-57-36-22-10-23-37-57)68(65)82-45-55-32-18-8-19-33-55)91-66-59(48-78-42-52-26-12-5-13-27-52)87-73(80-40-41-92(2,3)4)69(83-46-56-34-20-9-21-35-56)67(66)81-44-54-30-16-7-17-31-54/h5-39,59-74,77H,40-50H2,1-4H3,(H,75,76)/t59-,60-,61-,62-,63-,64+,65+,66-,67+,68+,69-,70-,71?,72+,73-,74+/m1/s1. The van der Waals surface area contributed by atoms with E-state index in [2.05, 4.69) is 25.0 Å². The van der Waals surface area contributed by atoms with E-state index in [-0.39, 0.29) is 59.5 Å². The summed E-state index contributed by atoms with van der Waals surface area (Å²) in [6.45, 7) is 9.82. The van der Waals surface area contributed by atoms with Crippen LogP contribution in [0.1, 0.15) is 52.2 Å². The number of carbonyl (C=O) groups excluding carboxylic acids is 1. The van der Waals surface area contributed by atoms with Crippen LogP contribution in [0.25, 0.3) is 0 Å². The van der Waals surface area contributed by atoms with Crippen LogP contribution in [0.15, 0.2) is 212 Å². The second-order valence-corrected chi connectivity index (χ2v) is 30.6. The van der Waals surface area contributed by atoms with E-state index in [0.29, 0.717) is 6.61 Å². The number of carbonyl (C=O) groups is 1. The Labute approximate surface area is 541 Å². The average Bonchev–Trinajstić information content (AvgIpc) is 0.780. The Morgan fingerprint density at radius 3 is 1.26 bits per heavy atom. The summed E-state index contributed by atoms with van der Waals surface area (Å²) in [4.78, 5) is 13.3. The molecule has 0 saturated carbocycles. The molecule has 2 N–H and O–H groups in total. The Morgan fingerprint density at radius 1 is 0.457 bits per heavy atom. The molecule has 488 valence electrons. The smallest absolute Gasteiger partial charge is 0.217 e. The zero-order chi connectivity index (χ0) is 63.5. The lowest BCUT2D eigenvalue weighted by atomic mass is 9.94. The fraction of sp³-hybridized carbons (Fsp3) is 0.419. The second kappa shape index (κ2) is 33.6. The SMILES string of the molecule is CC(=O)N[C@H]1[C@H](O[C@@H]2[C@H](OCc3ccccc3)[C@@H](OCc3ccccc3)[C@H](O[C@H]3[C@H](OCc4ccccc4)[C@@H](OCc4ccccc4)[C@H](OCC[Si](C)(C)C)O[C@@H]3COCc3ccccc3)O[C@@H]2COCc2ccccc2)O[C@@H]2COC(c3ccccc3)O[C@@H]2[C@@H]1O. The van der Waals surface area contributed by atoms with Crippen LogP contribution in [-0.2, 0) is 111 Å². The van der Waals surface area contributed by atoms with Crippen molar-refractivity contribution in [3.8, 4) is 0 Å². The predicted octanol–water partition coefficient (Wildman–Crippen LogP) is 11.0. The summed E-state index contributed by atoms with van der Waals surface area (Å²) in [7, 11) is -1.61. The minimum atomic E-state index is -1.61. The van der Waals surface area contributed by atoms with Gasteiger partial charge < -0.3 is 76.7 Å². The van der Waals surface area contributed by atoms with Crippen LogP contribution in [0.4, 0.5) is 0 Å². The minimum Gasteiger partial charge on any atom is -0.388 e. The van der Waals surface area contributed by atoms with Gasteiger partial charge in [-0.05, 0) is 39.4 Å². The third kappa shape index (κ3) is 18.9. The van der Waals surface area contributed by atoms with Crippen LogP contribution < -0.4 is 5.32 Å². The zero-order valence-corrected chi connectivity index (χ0v) is 53.8. The summed E-state index contributed by atoms with van der Waals surface area (Å²) < 4.78 is 98.4. The molecule has 0 spiro atoms. The maximum atomic E-state index is 13.3. The number of amides is 1. The van der Waals surface area contributed by atoms with Gasteiger partial charge >= 0.3 is 0 Å². The number of hydrogen-bond donors (Lipinski definition) is 2. The predicted molar refractivity (Wildman–Crippen MR) is 346 cm³/mol. The van der Waals surface area contributed by atoms with Crippen molar-refractivity contribution in [3.63, 3.8) is 0 Å². The molecule has 4 fully saturated rings. The lowest BCUT2D eigenvalue weighted by Crippen LogP contribution is -2.70. The van der Waals surface area contributed by atoms with E-state index < -0.39 is 112 Å². The van der Waals surface area contributed by atoms with Gasteiger partial charge in [0.2, 0.25) is 5.91 Å². The number of fused-ring (bicyclic) bond motifs is 1. The maximum absolute atomic E-state index is 13.3. The first-order valence-corrected chi connectivity index (χ1v) is 35.7. The van der Waals surface area contributed by atoms with Crippen molar-refractivity contribution in [2.75, 3.05) is 26.4 Å². The van der Waals surface area contributed by atoms with Gasteiger partial charge in [0.25, 0.3) is 0 Å². The fourth-order valence-electron chi connectivity index (χ4n) is 11.8. The molecule has 4 saturated heterocycles. The van der Waals surface area contributed by atoms with Crippen molar-refractivity contribution in [3.05, 3.63) is 251 Å². The number of hydrogen-bond acceptors (Lipinski definition) is 16. The molecule has 17 nitrogen and oxygen atoms in total. The Morgan fingerprint density at radius 2 is 0.837 bits per heavy atom. The highest BCUT2D eigenvalue weighted by atomic mass is 28.3. The molecule has 0 bridgehead atoms. The minimum absolute atomic E-state index is 0.0405. The van der Waals surface area contributed by atoms with Gasteiger partial charge in [0.05, 0.1) is 59.5 Å². The highest BCUT2D eigenvalue weighted by molar-refractivity contribution is 6.76. The molecule has 1 amide bonds. The summed E-state index contributed by atoms with van der Waals surface area (Å²) in [5.41, 5.74) is 6.27. The van der Waals surface area contributed by atoms with E-state index in [9.17, 15) is 9.90 Å². The van der Waals surface area contributed by atoms with E-state index in [4.69, 9.17) is 66.3 Å². The van der Waals surface area contributed by atoms with Crippen molar-refractivity contribution >= 4 is 14.0 Å². The molecular weight excluding hydrogens is 1190 g/mol.